The molecule has 0 aliphatic carbocycles. The fourth-order valence-corrected chi connectivity index (χ4v) is 4.69. The number of nitrogens with zero attached hydrogens (tertiary/aromatic N) is 2. The van der Waals surface area contributed by atoms with E-state index < -0.39 is 0 Å². The van der Waals surface area contributed by atoms with Gasteiger partial charge in [-0.25, -0.2) is 0 Å². The summed E-state index contributed by atoms with van der Waals surface area (Å²) in [4.78, 5) is 13.8. The number of rotatable bonds is 14. The lowest BCUT2D eigenvalue weighted by Gasteiger charge is -2.35. The molecule has 172 valence electrons. The number of aryl methyl sites for hydroxylation is 1. The van der Waals surface area contributed by atoms with Crippen LogP contribution in [0.4, 0.5) is 0 Å². The molecule has 0 aromatic carbocycles. The first-order valence-electron chi connectivity index (χ1n) is 12.3. The molecule has 1 aromatic heterocycles. The van der Waals surface area contributed by atoms with Crippen molar-refractivity contribution >= 4 is 5.78 Å². The SMILES string of the molecule is CCCCCCCCCCCCc1cc(O)n(C2CCN(C(C)C(C)=O)CC2)c1O. The monoisotopic (exact) mass is 420 g/mol. The van der Waals surface area contributed by atoms with Crippen molar-refractivity contribution in [3.8, 4) is 11.8 Å². The highest BCUT2D eigenvalue weighted by Crippen LogP contribution is 2.37. The average molecular weight is 421 g/mol. The third-order valence-corrected chi connectivity index (χ3v) is 6.87. The Labute approximate surface area is 183 Å². The maximum atomic E-state index is 11.6. The summed E-state index contributed by atoms with van der Waals surface area (Å²) in [5, 5.41) is 21.1. The number of Topliss-reactive ketones (excluding diaryl/α,β-unsaturated/α-hetero) is 1. The minimum absolute atomic E-state index is 0.0512. The van der Waals surface area contributed by atoms with Crippen molar-refractivity contribution in [2.45, 2.75) is 116 Å². The molecule has 1 aromatic rings. The predicted octanol–water partition coefficient (Wildman–Crippen LogP) is 5.98. The minimum atomic E-state index is -0.0512. The molecule has 1 aliphatic rings. The van der Waals surface area contributed by atoms with Crippen LogP contribution >= 0.6 is 0 Å². The van der Waals surface area contributed by atoms with Crippen LogP contribution in [0.15, 0.2) is 6.07 Å². The summed E-state index contributed by atoms with van der Waals surface area (Å²) in [5.41, 5.74) is 0.867. The first kappa shape index (κ1) is 24.8. The summed E-state index contributed by atoms with van der Waals surface area (Å²) in [7, 11) is 0. The van der Waals surface area contributed by atoms with Gasteiger partial charge in [0.15, 0.2) is 11.8 Å². The van der Waals surface area contributed by atoms with Crippen LogP contribution < -0.4 is 0 Å². The zero-order valence-corrected chi connectivity index (χ0v) is 19.5. The number of likely N-dealkylation sites (tertiary alicyclic amines) is 1. The summed E-state index contributed by atoms with van der Waals surface area (Å²) in [6.45, 7) is 7.48. The van der Waals surface area contributed by atoms with Crippen LogP contribution in [0.2, 0.25) is 0 Å². The molecule has 1 atom stereocenters. The lowest BCUT2D eigenvalue weighted by molar-refractivity contribution is -0.122. The summed E-state index contributed by atoms with van der Waals surface area (Å²) >= 11 is 0. The van der Waals surface area contributed by atoms with E-state index in [1.807, 2.05) is 6.92 Å². The molecule has 1 unspecified atom stereocenters. The highest BCUT2D eigenvalue weighted by molar-refractivity contribution is 5.80. The van der Waals surface area contributed by atoms with Crippen molar-refractivity contribution in [2.24, 2.45) is 0 Å². The molecule has 2 rings (SSSR count). The van der Waals surface area contributed by atoms with Gasteiger partial charge in [0.2, 0.25) is 0 Å². The second kappa shape index (κ2) is 13.0. The van der Waals surface area contributed by atoms with E-state index in [1.54, 1.807) is 17.6 Å². The van der Waals surface area contributed by atoms with Gasteiger partial charge < -0.3 is 10.2 Å². The van der Waals surface area contributed by atoms with Gasteiger partial charge in [0.1, 0.15) is 5.78 Å². The number of aromatic nitrogens is 1. The molecule has 1 aliphatic heterocycles. The molecule has 0 spiro atoms. The van der Waals surface area contributed by atoms with Crippen molar-refractivity contribution < 1.29 is 15.0 Å². The molecule has 0 radical (unpaired) electrons. The molecule has 0 amide bonds. The zero-order valence-electron chi connectivity index (χ0n) is 19.5. The van der Waals surface area contributed by atoms with Crippen LogP contribution in [-0.4, -0.2) is 44.6 Å². The van der Waals surface area contributed by atoms with Crippen LogP contribution in [0.25, 0.3) is 0 Å². The van der Waals surface area contributed by atoms with Gasteiger partial charge in [0.05, 0.1) is 6.04 Å². The standard InChI is InChI=1S/C25H44N2O3/c1-4-5-6-7-8-9-10-11-12-13-14-22-19-24(29)27(25(22)30)23-15-17-26(18-16-23)20(2)21(3)28/h19-20,23,29-30H,4-18H2,1-3H3. The predicted molar refractivity (Wildman–Crippen MR) is 123 cm³/mol. The Balaban J connectivity index is 1.71. The molecular formula is C25H44N2O3. The van der Waals surface area contributed by atoms with Crippen LogP contribution in [0.5, 0.6) is 11.8 Å². The van der Waals surface area contributed by atoms with E-state index in [0.717, 1.165) is 44.3 Å². The third-order valence-electron chi connectivity index (χ3n) is 6.87. The minimum Gasteiger partial charge on any atom is -0.494 e. The maximum Gasteiger partial charge on any atom is 0.197 e. The van der Waals surface area contributed by atoms with Crippen molar-refractivity contribution in [2.75, 3.05) is 13.1 Å². The Kier molecular flexibility index (Phi) is 10.8. The number of piperidine rings is 1. The Morgan fingerprint density at radius 1 is 1.00 bits per heavy atom. The highest BCUT2D eigenvalue weighted by Gasteiger charge is 2.28. The molecule has 30 heavy (non-hydrogen) atoms. The number of ketones is 1. The molecule has 1 saturated heterocycles. The van der Waals surface area contributed by atoms with Gasteiger partial charge in [-0.05, 0) is 39.5 Å². The molecule has 2 heterocycles. The Hall–Kier alpha value is -1.49. The lowest BCUT2D eigenvalue weighted by atomic mass is 10.0. The molecule has 2 N–H and O–H groups in total. The molecule has 0 saturated carbocycles. The third kappa shape index (κ3) is 7.33. The first-order valence-corrected chi connectivity index (χ1v) is 12.3. The largest absolute Gasteiger partial charge is 0.494 e. The number of unbranched alkanes of at least 4 members (excludes halogenated alkanes) is 9. The molecule has 5 heteroatoms. The fraction of sp³-hybridized carbons (Fsp3) is 0.800. The summed E-state index contributed by atoms with van der Waals surface area (Å²) in [5.74, 6) is 0.605. The van der Waals surface area contributed by atoms with E-state index >= 15 is 0 Å². The summed E-state index contributed by atoms with van der Waals surface area (Å²) < 4.78 is 1.71. The maximum absolute atomic E-state index is 11.6. The normalized spacial score (nSPS) is 16.8. The number of hydrogen-bond acceptors (Lipinski definition) is 4. The first-order chi connectivity index (χ1) is 14.5. The van der Waals surface area contributed by atoms with Gasteiger partial charge in [0, 0.05) is 30.8 Å². The van der Waals surface area contributed by atoms with E-state index in [1.165, 1.54) is 57.8 Å². The summed E-state index contributed by atoms with van der Waals surface area (Å²) in [6, 6.07) is 1.79. The average Bonchev–Trinajstić information content (AvgIpc) is 3.02. The van der Waals surface area contributed by atoms with Gasteiger partial charge in [0.25, 0.3) is 0 Å². The second-order valence-corrected chi connectivity index (χ2v) is 9.21. The van der Waals surface area contributed by atoms with Crippen molar-refractivity contribution in [1.82, 2.24) is 9.47 Å². The van der Waals surface area contributed by atoms with E-state index in [9.17, 15) is 15.0 Å². The van der Waals surface area contributed by atoms with Gasteiger partial charge >= 0.3 is 0 Å². The van der Waals surface area contributed by atoms with E-state index in [4.69, 9.17) is 0 Å². The topological polar surface area (TPSA) is 65.7 Å². The Morgan fingerprint density at radius 3 is 2.07 bits per heavy atom. The molecule has 1 fully saturated rings. The molecular weight excluding hydrogens is 376 g/mol. The van der Waals surface area contributed by atoms with Crippen molar-refractivity contribution in [1.29, 1.82) is 0 Å². The zero-order chi connectivity index (χ0) is 21.9. The van der Waals surface area contributed by atoms with Crippen LogP contribution in [0, 0.1) is 0 Å². The number of hydrogen-bond donors (Lipinski definition) is 2. The van der Waals surface area contributed by atoms with Gasteiger partial charge in [-0.15, -0.1) is 0 Å². The quantitative estimate of drug-likeness (QED) is 0.364. The van der Waals surface area contributed by atoms with E-state index in [-0.39, 0.29) is 29.6 Å². The van der Waals surface area contributed by atoms with Crippen LogP contribution in [-0.2, 0) is 11.2 Å². The van der Waals surface area contributed by atoms with Crippen LogP contribution in [0.3, 0.4) is 0 Å². The van der Waals surface area contributed by atoms with Crippen molar-refractivity contribution in [3.63, 3.8) is 0 Å². The van der Waals surface area contributed by atoms with Crippen molar-refractivity contribution in [3.05, 3.63) is 11.6 Å². The fourth-order valence-electron chi connectivity index (χ4n) is 4.69. The smallest absolute Gasteiger partial charge is 0.197 e. The molecule has 5 nitrogen and oxygen atoms in total. The van der Waals surface area contributed by atoms with Gasteiger partial charge in [-0.3, -0.25) is 14.3 Å². The number of carbonyl (C=O) groups excluding carboxylic acids is 1. The van der Waals surface area contributed by atoms with E-state index in [2.05, 4.69) is 11.8 Å². The van der Waals surface area contributed by atoms with E-state index in [0.29, 0.717) is 0 Å². The Bertz CT molecular complexity index is 633. The van der Waals surface area contributed by atoms with Crippen LogP contribution in [0.1, 0.15) is 109 Å². The number of aromatic hydroxyl groups is 2. The van der Waals surface area contributed by atoms with Gasteiger partial charge in [-0.2, -0.15) is 0 Å². The number of carbonyl (C=O) groups is 1. The molecule has 0 bridgehead atoms. The lowest BCUT2D eigenvalue weighted by Crippen LogP contribution is -2.43. The summed E-state index contributed by atoms with van der Waals surface area (Å²) in [6.07, 6.45) is 15.4. The van der Waals surface area contributed by atoms with Gasteiger partial charge in [-0.1, -0.05) is 64.7 Å². The highest BCUT2D eigenvalue weighted by atomic mass is 16.3. The Morgan fingerprint density at radius 2 is 1.53 bits per heavy atom. The second-order valence-electron chi connectivity index (χ2n) is 9.21.